The van der Waals surface area contributed by atoms with Gasteiger partial charge in [-0.25, -0.2) is 0 Å². The molecular formula is C4H6ClNO2. The number of aliphatic hydroxyl groups is 2. The van der Waals surface area contributed by atoms with E-state index in [-0.39, 0.29) is 6.61 Å². The normalized spacial score (nSPS) is 16.8. The standard InChI is InChI=1S/C4H6ClNO2/c5-3(2-7)4(8)1-6/h3-4,7-8H,2H2/t3-,4+/m1/s1. The molecule has 0 aliphatic rings. The molecule has 0 bridgehead atoms. The number of aliphatic hydroxyl groups excluding tert-OH is 2. The van der Waals surface area contributed by atoms with Gasteiger partial charge in [-0.05, 0) is 0 Å². The lowest BCUT2D eigenvalue weighted by molar-refractivity contribution is 0.180. The number of hydrogen-bond acceptors (Lipinski definition) is 3. The summed E-state index contributed by atoms with van der Waals surface area (Å²) in [7, 11) is 0. The van der Waals surface area contributed by atoms with E-state index in [1.807, 2.05) is 0 Å². The molecule has 0 radical (unpaired) electrons. The summed E-state index contributed by atoms with van der Waals surface area (Å²) >= 11 is 5.19. The Kier molecular flexibility index (Phi) is 3.53. The second kappa shape index (κ2) is 3.67. The highest BCUT2D eigenvalue weighted by molar-refractivity contribution is 6.21. The Balaban J connectivity index is 3.49. The molecule has 3 nitrogen and oxygen atoms in total. The number of nitriles is 1. The van der Waals surface area contributed by atoms with Crippen LogP contribution in [0.15, 0.2) is 0 Å². The average Bonchev–Trinajstić information content (AvgIpc) is 1.84. The van der Waals surface area contributed by atoms with E-state index in [9.17, 15) is 0 Å². The lowest BCUT2D eigenvalue weighted by Gasteiger charge is -2.03. The first kappa shape index (κ1) is 7.70. The average molecular weight is 136 g/mol. The number of hydrogen-bond donors (Lipinski definition) is 2. The lowest BCUT2D eigenvalue weighted by Crippen LogP contribution is -2.21. The number of rotatable bonds is 2. The minimum absolute atomic E-state index is 0.379. The molecule has 0 aromatic heterocycles. The SMILES string of the molecule is N#C[C@H](O)[C@H](Cl)CO. The van der Waals surface area contributed by atoms with Crippen molar-refractivity contribution in [2.24, 2.45) is 0 Å². The molecule has 0 spiro atoms. The van der Waals surface area contributed by atoms with Crippen LogP contribution in [0.3, 0.4) is 0 Å². The van der Waals surface area contributed by atoms with E-state index in [0.717, 1.165) is 0 Å². The van der Waals surface area contributed by atoms with Crippen molar-refractivity contribution in [3.63, 3.8) is 0 Å². The maximum Gasteiger partial charge on any atom is 0.158 e. The summed E-state index contributed by atoms with van der Waals surface area (Å²) in [5.74, 6) is 0. The van der Waals surface area contributed by atoms with Crippen LogP contribution < -0.4 is 0 Å². The first-order valence-electron chi connectivity index (χ1n) is 2.05. The van der Waals surface area contributed by atoms with E-state index >= 15 is 0 Å². The van der Waals surface area contributed by atoms with E-state index < -0.39 is 11.5 Å². The third kappa shape index (κ3) is 2.12. The van der Waals surface area contributed by atoms with Gasteiger partial charge in [0.15, 0.2) is 6.10 Å². The van der Waals surface area contributed by atoms with Gasteiger partial charge < -0.3 is 10.2 Å². The van der Waals surface area contributed by atoms with Crippen molar-refractivity contribution < 1.29 is 10.2 Å². The van der Waals surface area contributed by atoms with Gasteiger partial charge in [0, 0.05) is 0 Å². The molecule has 0 aliphatic heterocycles. The Morgan fingerprint density at radius 3 is 2.38 bits per heavy atom. The molecule has 0 unspecified atom stereocenters. The molecule has 0 heterocycles. The zero-order chi connectivity index (χ0) is 6.57. The van der Waals surface area contributed by atoms with Crippen molar-refractivity contribution in [2.75, 3.05) is 6.61 Å². The molecule has 0 aliphatic carbocycles. The quantitative estimate of drug-likeness (QED) is 0.395. The Morgan fingerprint density at radius 1 is 1.75 bits per heavy atom. The van der Waals surface area contributed by atoms with Crippen LogP contribution in [0.4, 0.5) is 0 Å². The molecule has 46 valence electrons. The van der Waals surface area contributed by atoms with Gasteiger partial charge in [-0.2, -0.15) is 5.26 Å². The third-order valence-corrected chi connectivity index (χ3v) is 1.03. The minimum Gasteiger partial charge on any atom is -0.395 e. The van der Waals surface area contributed by atoms with E-state index in [0.29, 0.717) is 0 Å². The summed E-state index contributed by atoms with van der Waals surface area (Å²) < 4.78 is 0. The van der Waals surface area contributed by atoms with Crippen LogP contribution in [0.1, 0.15) is 0 Å². The fourth-order valence-corrected chi connectivity index (χ4v) is 0.237. The van der Waals surface area contributed by atoms with Crippen molar-refractivity contribution in [1.29, 1.82) is 5.26 Å². The van der Waals surface area contributed by atoms with Gasteiger partial charge in [-0.15, -0.1) is 11.6 Å². The van der Waals surface area contributed by atoms with Crippen molar-refractivity contribution >= 4 is 11.6 Å². The molecule has 2 N–H and O–H groups in total. The zero-order valence-electron chi connectivity index (χ0n) is 4.08. The van der Waals surface area contributed by atoms with Crippen LogP contribution in [0.5, 0.6) is 0 Å². The molecule has 0 saturated carbocycles. The molecule has 0 amide bonds. The van der Waals surface area contributed by atoms with Crippen molar-refractivity contribution in [1.82, 2.24) is 0 Å². The van der Waals surface area contributed by atoms with Crippen LogP contribution in [-0.2, 0) is 0 Å². The van der Waals surface area contributed by atoms with Crippen LogP contribution in [0.25, 0.3) is 0 Å². The number of alkyl halides is 1. The Morgan fingerprint density at radius 2 is 2.25 bits per heavy atom. The van der Waals surface area contributed by atoms with Crippen molar-refractivity contribution in [3.8, 4) is 6.07 Å². The van der Waals surface area contributed by atoms with Crippen LogP contribution in [0.2, 0.25) is 0 Å². The van der Waals surface area contributed by atoms with Gasteiger partial charge in [0.1, 0.15) is 0 Å². The van der Waals surface area contributed by atoms with E-state index in [1.165, 1.54) is 6.07 Å². The Bertz CT molecular complexity index is 101. The van der Waals surface area contributed by atoms with Gasteiger partial charge in [0.25, 0.3) is 0 Å². The molecule has 8 heavy (non-hydrogen) atoms. The maximum absolute atomic E-state index is 8.47. The van der Waals surface area contributed by atoms with Crippen LogP contribution >= 0.6 is 11.6 Å². The molecule has 0 aromatic carbocycles. The highest BCUT2D eigenvalue weighted by Crippen LogP contribution is 1.98. The number of halogens is 1. The van der Waals surface area contributed by atoms with E-state index in [1.54, 1.807) is 0 Å². The first-order valence-corrected chi connectivity index (χ1v) is 2.48. The molecule has 0 aromatic rings. The first-order chi connectivity index (χ1) is 3.72. The summed E-state index contributed by atoms with van der Waals surface area (Å²) in [5, 5.41) is 23.7. The van der Waals surface area contributed by atoms with E-state index in [2.05, 4.69) is 0 Å². The summed E-state index contributed by atoms with van der Waals surface area (Å²) in [5.41, 5.74) is 0. The lowest BCUT2D eigenvalue weighted by atomic mass is 10.3. The summed E-state index contributed by atoms with van der Waals surface area (Å²) in [6.07, 6.45) is -1.26. The second-order valence-corrected chi connectivity index (χ2v) is 1.83. The zero-order valence-corrected chi connectivity index (χ0v) is 4.84. The summed E-state index contributed by atoms with van der Waals surface area (Å²) in [6.45, 7) is -0.379. The topological polar surface area (TPSA) is 64.2 Å². The van der Waals surface area contributed by atoms with Gasteiger partial charge in [0.2, 0.25) is 0 Å². The molecule has 0 rings (SSSR count). The Hall–Kier alpha value is -0.300. The fraction of sp³-hybridized carbons (Fsp3) is 0.750. The third-order valence-electron chi connectivity index (χ3n) is 0.649. The van der Waals surface area contributed by atoms with Crippen LogP contribution in [-0.4, -0.2) is 28.3 Å². The predicted molar refractivity (Wildman–Crippen MR) is 28.3 cm³/mol. The maximum atomic E-state index is 8.47. The van der Waals surface area contributed by atoms with Crippen LogP contribution in [0, 0.1) is 11.3 Å². The van der Waals surface area contributed by atoms with Gasteiger partial charge >= 0.3 is 0 Å². The van der Waals surface area contributed by atoms with Gasteiger partial charge in [-0.1, -0.05) is 0 Å². The van der Waals surface area contributed by atoms with Crippen molar-refractivity contribution in [2.45, 2.75) is 11.5 Å². The predicted octanol–water partition coefficient (Wildman–Crippen LogP) is -0.529. The van der Waals surface area contributed by atoms with Gasteiger partial charge in [0.05, 0.1) is 18.1 Å². The largest absolute Gasteiger partial charge is 0.395 e. The highest BCUT2D eigenvalue weighted by atomic mass is 35.5. The van der Waals surface area contributed by atoms with E-state index in [4.69, 9.17) is 27.1 Å². The smallest absolute Gasteiger partial charge is 0.158 e. The Labute approximate surface area is 52.1 Å². The van der Waals surface area contributed by atoms with Crippen molar-refractivity contribution in [3.05, 3.63) is 0 Å². The molecule has 0 saturated heterocycles. The fourth-order valence-electron chi connectivity index (χ4n) is 0.181. The number of nitrogens with zero attached hydrogens (tertiary/aromatic N) is 1. The molecular weight excluding hydrogens is 130 g/mol. The monoisotopic (exact) mass is 135 g/mol. The summed E-state index contributed by atoms with van der Waals surface area (Å²) in [6, 6.07) is 1.48. The summed E-state index contributed by atoms with van der Waals surface area (Å²) in [4.78, 5) is 0. The second-order valence-electron chi connectivity index (χ2n) is 1.27. The molecule has 2 atom stereocenters. The molecule has 4 heteroatoms. The highest BCUT2D eigenvalue weighted by Gasteiger charge is 2.12. The molecule has 0 fully saturated rings. The minimum atomic E-state index is -1.26. The van der Waals surface area contributed by atoms with Gasteiger partial charge in [-0.3, -0.25) is 0 Å².